The average molecular weight is 402 g/mol. The third-order valence-electron chi connectivity index (χ3n) is 5.28. The van der Waals surface area contributed by atoms with Gasteiger partial charge in [-0.05, 0) is 45.8 Å². The molecule has 7 heteroatoms. The molecule has 1 amide bonds. The van der Waals surface area contributed by atoms with E-state index in [1.165, 1.54) is 17.3 Å². The van der Waals surface area contributed by atoms with Gasteiger partial charge in [-0.3, -0.25) is 9.69 Å². The number of carbonyl (C=O) groups is 1. The molecule has 6 nitrogen and oxygen atoms in total. The van der Waals surface area contributed by atoms with Gasteiger partial charge in [-0.25, -0.2) is 0 Å². The number of carbonyl (C=O) groups excluding carboxylic acids is 1. The summed E-state index contributed by atoms with van der Waals surface area (Å²) in [5.41, 5.74) is 1.21. The maximum Gasteiger partial charge on any atom is 0.235 e. The van der Waals surface area contributed by atoms with E-state index >= 15 is 0 Å². The summed E-state index contributed by atoms with van der Waals surface area (Å²) in [6.45, 7) is 6.61. The molecule has 0 N–H and O–H groups in total. The number of nitrogens with zero attached hydrogens (tertiary/aromatic N) is 5. The van der Waals surface area contributed by atoms with Crippen LogP contribution in [0.1, 0.15) is 50.5 Å². The van der Waals surface area contributed by atoms with Crippen LogP contribution in [0.25, 0.3) is 0 Å². The summed E-state index contributed by atoms with van der Waals surface area (Å²) in [5, 5.41) is 9.69. The van der Waals surface area contributed by atoms with Gasteiger partial charge in [0.05, 0.1) is 17.8 Å². The van der Waals surface area contributed by atoms with Crippen molar-refractivity contribution in [3.05, 3.63) is 41.7 Å². The number of amides is 1. The van der Waals surface area contributed by atoms with E-state index < -0.39 is 0 Å². The Morgan fingerprint density at radius 1 is 1.18 bits per heavy atom. The van der Waals surface area contributed by atoms with Crippen molar-refractivity contribution in [3.63, 3.8) is 0 Å². The lowest BCUT2D eigenvalue weighted by Gasteiger charge is -2.24. The summed E-state index contributed by atoms with van der Waals surface area (Å²) >= 11 is 1.52. The molecular weight excluding hydrogens is 370 g/mol. The van der Waals surface area contributed by atoms with E-state index in [9.17, 15) is 4.79 Å². The van der Waals surface area contributed by atoms with Crippen LogP contribution in [0.2, 0.25) is 0 Å². The van der Waals surface area contributed by atoms with Gasteiger partial charge in [0.2, 0.25) is 5.91 Å². The molecule has 1 aliphatic rings. The van der Waals surface area contributed by atoms with Gasteiger partial charge in [0, 0.05) is 13.1 Å². The number of benzene rings is 1. The highest BCUT2D eigenvalue weighted by Gasteiger charge is 2.28. The van der Waals surface area contributed by atoms with Crippen molar-refractivity contribution >= 4 is 17.7 Å². The number of aromatic nitrogens is 3. The van der Waals surface area contributed by atoms with Gasteiger partial charge >= 0.3 is 0 Å². The molecule has 2 unspecified atom stereocenters. The first-order valence-electron chi connectivity index (χ1n) is 10.1. The van der Waals surface area contributed by atoms with Gasteiger partial charge < -0.3 is 9.47 Å². The van der Waals surface area contributed by atoms with Gasteiger partial charge in [0.15, 0.2) is 11.0 Å². The molecule has 1 saturated heterocycles. The molecule has 152 valence electrons. The van der Waals surface area contributed by atoms with Crippen LogP contribution in [0, 0.1) is 0 Å². The highest BCUT2D eigenvalue weighted by atomic mass is 32.2. The zero-order chi connectivity index (χ0) is 20.1. The molecule has 1 aromatic heterocycles. The molecule has 1 fully saturated rings. The van der Waals surface area contributed by atoms with Crippen LogP contribution in [0.5, 0.6) is 0 Å². The number of likely N-dealkylation sites (tertiary alicyclic amines) is 1. The van der Waals surface area contributed by atoms with Crippen molar-refractivity contribution in [3.8, 4) is 0 Å². The van der Waals surface area contributed by atoms with Gasteiger partial charge in [-0.2, -0.15) is 0 Å². The standard InChI is InChI=1S/C21H31N5OS/c1-5-18(24(3)4)19-22-23-21(26(19)15-17-11-7-6-8-12-17)28-16(2)20(27)25-13-9-10-14-25/h6-8,11-12,16,18H,5,9-10,13-15H2,1-4H3. The molecule has 3 rings (SSSR count). The molecule has 0 bridgehead atoms. The van der Waals surface area contributed by atoms with Crippen LogP contribution in [-0.4, -0.2) is 62.9 Å². The van der Waals surface area contributed by atoms with Crippen LogP contribution in [0.15, 0.2) is 35.5 Å². The Balaban J connectivity index is 1.87. The minimum atomic E-state index is -0.163. The highest BCUT2D eigenvalue weighted by Crippen LogP contribution is 2.29. The van der Waals surface area contributed by atoms with E-state index in [0.29, 0.717) is 6.54 Å². The average Bonchev–Trinajstić information content (AvgIpc) is 3.34. The summed E-state index contributed by atoms with van der Waals surface area (Å²) in [7, 11) is 4.14. The summed E-state index contributed by atoms with van der Waals surface area (Å²) in [6, 6.07) is 10.6. The normalized spacial score (nSPS) is 16.5. The van der Waals surface area contributed by atoms with Crippen LogP contribution in [-0.2, 0) is 11.3 Å². The van der Waals surface area contributed by atoms with E-state index in [1.807, 2.05) is 17.9 Å². The fraction of sp³-hybridized carbons (Fsp3) is 0.571. The van der Waals surface area contributed by atoms with Gasteiger partial charge in [-0.1, -0.05) is 49.0 Å². The number of hydrogen-bond donors (Lipinski definition) is 0. The van der Waals surface area contributed by atoms with Gasteiger partial charge in [0.1, 0.15) is 0 Å². The van der Waals surface area contributed by atoms with E-state index in [4.69, 9.17) is 0 Å². The van der Waals surface area contributed by atoms with Crippen molar-refractivity contribution in [2.24, 2.45) is 0 Å². The van der Waals surface area contributed by atoms with Gasteiger partial charge in [0.25, 0.3) is 0 Å². The summed E-state index contributed by atoms with van der Waals surface area (Å²) in [4.78, 5) is 16.9. The molecule has 2 atom stereocenters. The van der Waals surface area contributed by atoms with E-state index in [1.54, 1.807) is 0 Å². The molecule has 0 saturated carbocycles. The minimum Gasteiger partial charge on any atom is -0.342 e. The third-order valence-corrected chi connectivity index (χ3v) is 6.35. The number of rotatable bonds is 8. The van der Waals surface area contributed by atoms with Crippen molar-refractivity contribution in [2.45, 2.75) is 56.1 Å². The maximum atomic E-state index is 12.8. The maximum absolute atomic E-state index is 12.8. The second-order valence-electron chi connectivity index (χ2n) is 7.59. The van der Waals surface area contributed by atoms with Crippen molar-refractivity contribution in [1.29, 1.82) is 0 Å². The van der Waals surface area contributed by atoms with Crippen LogP contribution < -0.4 is 0 Å². The minimum absolute atomic E-state index is 0.163. The Bertz CT molecular complexity index is 770. The number of thioether (sulfide) groups is 1. The van der Waals surface area contributed by atoms with Crippen molar-refractivity contribution < 1.29 is 4.79 Å². The predicted octanol–water partition coefficient (Wildman–Crippen LogP) is 3.44. The molecule has 28 heavy (non-hydrogen) atoms. The molecule has 1 aromatic carbocycles. The fourth-order valence-electron chi connectivity index (χ4n) is 3.73. The SMILES string of the molecule is CCC(c1nnc(SC(C)C(=O)N2CCCC2)n1Cc1ccccc1)N(C)C. The fourth-order valence-corrected chi connectivity index (χ4v) is 4.67. The van der Waals surface area contributed by atoms with Crippen molar-refractivity contribution in [1.82, 2.24) is 24.6 Å². The Morgan fingerprint density at radius 3 is 2.46 bits per heavy atom. The summed E-state index contributed by atoms with van der Waals surface area (Å²) in [6.07, 6.45) is 3.17. The molecule has 0 radical (unpaired) electrons. The van der Waals surface area contributed by atoms with Crippen LogP contribution >= 0.6 is 11.8 Å². The van der Waals surface area contributed by atoms with E-state index in [2.05, 4.69) is 64.9 Å². The molecular formula is C21H31N5OS. The Hall–Kier alpha value is -1.86. The first kappa shape index (κ1) is 20.9. The van der Waals surface area contributed by atoms with E-state index in [0.717, 1.165) is 43.3 Å². The second kappa shape index (κ2) is 9.56. The predicted molar refractivity (Wildman–Crippen MR) is 113 cm³/mol. The summed E-state index contributed by atoms with van der Waals surface area (Å²) in [5.74, 6) is 1.16. The first-order valence-corrected chi connectivity index (χ1v) is 11.0. The van der Waals surface area contributed by atoms with Crippen LogP contribution in [0.3, 0.4) is 0 Å². The molecule has 0 spiro atoms. The Kier molecular flexibility index (Phi) is 7.13. The monoisotopic (exact) mass is 401 g/mol. The topological polar surface area (TPSA) is 54.3 Å². The lowest BCUT2D eigenvalue weighted by Crippen LogP contribution is -2.34. The zero-order valence-corrected chi connectivity index (χ0v) is 18.2. The largest absolute Gasteiger partial charge is 0.342 e. The first-order chi connectivity index (χ1) is 13.5. The van der Waals surface area contributed by atoms with Gasteiger partial charge in [-0.15, -0.1) is 10.2 Å². The molecule has 2 aromatic rings. The molecule has 0 aliphatic carbocycles. The summed E-state index contributed by atoms with van der Waals surface area (Å²) < 4.78 is 2.18. The smallest absolute Gasteiger partial charge is 0.235 e. The Labute approximate surface area is 172 Å². The number of hydrogen-bond acceptors (Lipinski definition) is 5. The zero-order valence-electron chi connectivity index (χ0n) is 17.3. The quantitative estimate of drug-likeness (QED) is 0.634. The highest BCUT2D eigenvalue weighted by molar-refractivity contribution is 8.00. The lowest BCUT2D eigenvalue weighted by atomic mass is 10.2. The third kappa shape index (κ3) is 4.75. The molecule has 2 heterocycles. The Morgan fingerprint density at radius 2 is 1.86 bits per heavy atom. The molecule has 1 aliphatic heterocycles. The van der Waals surface area contributed by atoms with Crippen LogP contribution in [0.4, 0.5) is 0 Å². The second-order valence-corrected chi connectivity index (χ2v) is 8.90. The van der Waals surface area contributed by atoms with Crippen molar-refractivity contribution in [2.75, 3.05) is 27.2 Å². The van der Waals surface area contributed by atoms with E-state index in [-0.39, 0.29) is 17.2 Å². The lowest BCUT2D eigenvalue weighted by molar-refractivity contribution is -0.129.